The van der Waals surface area contributed by atoms with Gasteiger partial charge in [-0.25, -0.2) is 4.79 Å². The first-order chi connectivity index (χ1) is 13.9. The van der Waals surface area contributed by atoms with E-state index < -0.39 is 22.8 Å². The van der Waals surface area contributed by atoms with Crippen molar-refractivity contribution in [3.8, 4) is 11.5 Å². The van der Waals surface area contributed by atoms with Gasteiger partial charge in [0.25, 0.3) is 17.5 Å². The molecule has 3 rings (SSSR count). The quantitative estimate of drug-likeness (QED) is 0.329. The van der Waals surface area contributed by atoms with Gasteiger partial charge in [0.1, 0.15) is 12.2 Å². The molecule has 10 nitrogen and oxygen atoms in total. The second-order valence-corrected chi connectivity index (χ2v) is 5.88. The van der Waals surface area contributed by atoms with Gasteiger partial charge in [-0.05, 0) is 29.8 Å². The molecule has 1 fully saturated rings. The Morgan fingerprint density at radius 3 is 2.38 bits per heavy atom. The van der Waals surface area contributed by atoms with Gasteiger partial charge in [0.15, 0.2) is 11.5 Å². The Kier molecular flexibility index (Phi) is 5.54. The number of methoxy groups -OCH3 is 1. The molecular weight excluding hydrogens is 382 g/mol. The van der Waals surface area contributed by atoms with E-state index in [0.717, 1.165) is 0 Å². The number of rotatable bonds is 6. The monoisotopic (exact) mass is 397 g/mol. The van der Waals surface area contributed by atoms with Crippen LogP contribution in [-0.4, -0.2) is 29.9 Å². The molecule has 0 aliphatic carbocycles. The highest BCUT2D eigenvalue weighted by molar-refractivity contribution is 6.31. The van der Waals surface area contributed by atoms with Crippen LogP contribution >= 0.6 is 0 Å². The summed E-state index contributed by atoms with van der Waals surface area (Å²) in [4.78, 5) is 45.3. The van der Waals surface area contributed by atoms with Gasteiger partial charge >= 0.3 is 6.03 Å². The zero-order valence-corrected chi connectivity index (χ0v) is 15.1. The average molecular weight is 397 g/mol. The first-order valence-corrected chi connectivity index (χ1v) is 8.30. The van der Waals surface area contributed by atoms with Gasteiger partial charge in [0.2, 0.25) is 0 Å². The Bertz CT molecular complexity index is 1020. The lowest BCUT2D eigenvalue weighted by Crippen LogP contribution is -2.51. The van der Waals surface area contributed by atoms with E-state index in [1.54, 1.807) is 30.3 Å². The van der Waals surface area contributed by atoms with Crippen LogP contribution in [0.25, 0.3) is 6.08 Å². The summed E-state index contributed by atoms with van der Waals surface area (Å²) in [6.07, 6.45) is 1.30. The van der Waals surface area contributed by atoms with Gasteiger partial charge in [-0.15, -0.1) is 0 Å². The van der Waals surface area contributed by atoms with Gasteiger partial charge in [-0.3, -0.25) is 30.3 Å². The number of hydrogen-bond donors (Lipinski definition) is 2. The zero-order valence-electron chi connectivity index (χ0n) is 15.1. The third kappa shape index (κ3) is 4.38. The van der Waals surface area contributed by atoms with Crippen molar-refractivity contribution in [2.45, 2.75) is 6.61 Å². The highest BCUT2D eigenvalue weighted by Gasteiger charge is 2.27. The molecular formula is C19H15N3O7. The van der Waals surface area contributed by atoms with Crippen molar-refractivity contribution < 1.29 is 28.8 Å². The molecule has 0 saturated carbocycles. The van der Waals surface area contributed by atoms with Crippen LogP contribution in [0.3, 0.4) is 0 Å². The molecule has 1 saturated heterocycles. The van der Waals surface area contributed by atoms with Crippen molar-refractivity contribution in [1.29, 1.82) is 0 Å². The topological polar surface area (TPSA) is 137 Å². The van der Waals surface area contributed by atoms with Gasteiger partial charge in [-0.2, -0.15) is 0 Å². The first-order valence-electron chi connectivity index (χ1n) is 8.30. The van der Waals surface area contributed by atoms with E-state index in [9.17, 15) is 24.5 Å². The summed E-state index contributed by atoms with van der Waals surface area (Å²) < 4.78 is 10.9. The lowest BCUT2D eigenvalue weighted by atomic mass is 10.1. The second kappa shape index (κ2) is 8.21. The van der Waals surface area contributed by atoms with Crippen LogP contribution < -0.4 is 20.1 Å². The maximum atomic E-state index is 11.8. The van der Waals surface area contributed by atoms with Gasteiger partial charge in [0, 0.05) is 6.07 Å². The maximum Gasteiger partial charge on any atom is 0.328 e. The molecule has 29 heavy (non-hydrogen) atoms. The van der Waals surface area contributed by atoms with Crippen molar-refractivity contribution in [2.24, 2.45) is 0 Å². The number of barbiturate groups is 1. The third-order valence-corrected chi connectivity index (χ3v) is 4.01. The number of benzene rings is 2. The fourth-order valence-corrected chi connectivity index (χ4v) is 2.63. The average Bonchev–Trinajstić information content (AvgIpc) is 2.69. The number of carbonyl (C=O) groups excluding carboxylic acids is 3. The standard InChI is InChI=1S/C19H15N3O7/c1-28-16-9-11(8-13-17(23)20-19(25)21-18(13)24)6-7-15(16)29-10-12-4-2-3-5-14(12)22(26)27/h2-9H,10H2,1H3,(H2,20,21,23,24,25). The molecule has 1 aliphatic rings. The number of nitro benzene ring substituents is 1. The Hall–Kier alpha value is -4.21. The number of urea groups is 1. The molecule has 2 aromatic carbocycles. The van der Waals surface area contributed by atoms with Crippen molar-refractivity contribution >= 4 is 29.6 Å². The summed E-state index contributed by atoms with van der Waals surface area (Å²) in [6.45, 7) is -0.0547. The highest BCUT2D eigenvalue weighted by Crippen LogP contribution is 2.30. The number of imide groups is 2. The fourth-order valence-electron chi connectivity index (χ4n) is 2.63. The van der Waals surface area contributed by atoms with Crippen molar-refractivity contribution in [3.63, 3.8) is 0 Å². The summed E-state index contributed by atoms with van der Waals surface area (Å²) in [5.41, 5.74) is 0.553. The molecule has 4 amide bonds. The summed E-state index contributed by atoms with van der Waals surface area (Å²) in [5, 5.41) is 15.1. The molecule has 0 atom stereocenters. The lowest BCUT2D eigenvalue weighted by molar-refractivity contribution is -0.385. The molecule has 1 heterocycles. The molecule has 0 radical (unpaired) electrons. The highest BCUT2D eigenvalue weighted by atomic mass is 16.6. The van der Waals surface area contributed by atoms with Crippen LogP contribution in [0.4, 0.5) is 10.5 Å². The zero-order chi connectivity index (χ0) is 21.0. The molecule has 1 aliphatic heterocycles. The Labute approximate surface area is 164 Å². The minimum atomic E-state index is -0.881. The van der Waals surface area contributed by atoms with Crippen molar-refractivity contribution in [2.75, 3.05) is 7.11 Å². The Morgan fingerprint density at radius 2 is 1.72 bits per heavy atom. The molecule has 10 heteroatoms. The van der Waals surface area contributed by atoms with E-state index in [1.165, 1.54) is 25.3 Å². The lowest BCUT2D eigenvalue weighted by Gasteiger charge is -2.15. The summed E-state index contributed by atoms with van der Waals surface area (Å²) in [7, 11) is 1.41. The molecule has 0 aromatic heterocycles. The molecule has 2 N–H and O–H groups in total. The normalized spacial score (nSPS) is 13.4. The number of para-hydroxylation sites is 1. The van der Waals surface area contributed by atoms with E-state index in [0.29, 0.717) is 22.6 Å². The molecule has 0 unspecified atom stereocenters. The van der Waals surface area contributed by atoms with Gasteiger partial charge in [0.05, 0.1) is 17.6 Å². The Morgan fingerprint density at radius 1 is 1.03 bits per heavy atom. The van der Waals surface area contributed by atoms with Crippen LogP contribution in [0.2, 0.25) is 0 Å². The third-order valence-electron chi connectivity index (χ3n) is 4.01. The first kappa shape index (κ1) is 19.5. The predicted molar refractivity (Wildman–Crippen MR) is 100 cm³/mol. The molecule has 0 bridgehead atoms. The van der Waals surface area contributed by atoms with Crippen molar-refractivity contribution in [3.05, 3.63) is 69.3 Å². The summed E-state index contributed by atoms with van der Waals surface area (Å²) in [5.74, 6) is -1.00. The molecule has 148 valence electrons. The second-order valence-electron chi connectivity index (χ2n) is 5.88. The minimum absolute atomic E-state index is 0.0547. The molecule has 2 aromatic rings. The van der Waals surface area contributed by atoms with Gasteiger partial charge < -0.3 is 9.47 Å². The number of nitro groups is 1. The van der Waals surface area contributed by atoms with E-state index in [2.05, 4.69) is 0 Å². The van der Waals surface area contributed by atoms with Crippen LogP contribution in [0.1, 0.15) is 11.1 Å². The SMILES string of the molecule is COc1cc(C=C2C(=O)NC(=O)NC2=O)ccc1OCc1ccccc1[N+](=O)[O-]. The molecule has 0 spiro atoms. The van der Waals surface area contributed by atoms with E-state index in [4.69, 9.17) is 9.47 Å². The van der Waals surface area contributed by atoms with E-state index in [-0.39, 0.29) is 17.9 Å². The van der Waals surface area contributed by atoms with Crippen LogP contribution in [-0.2, 0) is 16.2 Å². The summed E-state index contributed by atoms with van der Waals surface area (Å²) >= 11 is 0. The number of nitrogens with one attached hydrogen (secondary N) is 2. The number of amides is 4. The van der Waals surface area contributed by atoms with E-state index in [1.807, 2.05) is 10.6 Å². The van der Waals surface area contributed by atoms with E-state index >= 15 is 0 Å². The van der Waals surface area contributed by atoms with Crippen LogP contribution in [0, 0.1) is 10.1 Å². The number of ether oxygens (including phenoxy) is 2. The fraction of sp³-hybridized carbons (Fsp3) is 0.105. The summed E-state index contributed by atoms with van der Waals surface area (Å²) in [6, 6.07) is 9.97. The maximum absolute atomic E-state index is 11.8. The number of nitrogens with zero attached hydrogens (tertiary/aromatic N) is 1. The smallest absolute Gasteiger partial charge is 0.328 e. The largest absolute Gasteiger partial charge is 0.493 e. The van der Waals surface area contributed by atoms with Crippen LogP contribution in [0.5, 0.6) is 11.5 Å². The Balaban J connectivity index is 1.82. The van der Waals surface area contributed by atoms with Crippen LogP contribution in [0.15, 0.2) is 48.0 Å². The number of carbonyl (C=O) groups is 3. The minimum Gasteiger partial charge on any atom is -0.493 e. The van der Waals surface area contributed by atoms with Gasteiger partial charge in [-0.1, -0.05) is 18.2 Å². The predicted octanol–water partition coefficient (Wildman–Crippen LogP) is 1.93. The number of hydrogen-bond acceptors (Lipinski definition) is 7. The van der Waals surface area contributed by atoms with Crippen molar-refractivity contribution in [1.82, 2.24) is 10.6 Å².